The summed E-state index contributed by atoms with van der Waals surface area (Å²) in [6.07, 6.45) is 2.39. The van der Waals surface area contributed by atoms with Crippen molar-refractivity contribution in [3.63, 3.8) is 0 Å². The number of fused-ring (bicyclic) bond motifs is 1. The van der Waals surface area contributed by atoms with Crippen molar-refractivity contribution in [1.82, 2.24) is 5.32 Å². The SMILES string of the molecule is OCC12CNCC1C1(c3ccccc3)CCC2c2ccccc21. The minimum atomic E-state index is 0.00243. The second-order valence-corrected chi connectivity index (χ2v) is 7.59. The Kier molecular flexibility index (Phi) is 2.80. The maximum atomic E-state index is 10.4. The Labute approximate surface area is 137 Å². The van der Waals surface area contributed by atoms with Gasteiger partial charge in [-0.1, -0.05) is 54.6 Å². The van der Waals surface area contributed by atoms with Gasteiger partial charge in [0.1, 0.15) is 0 Å². The molecule has 4 unspecified atom stereocenters. The summed E-state index contributed by atoms with van der Waals surface area (Å²) >= 11 is 0. The molecule has 23 heavy (non-hydrogen) atoms. The van der Waals surface area contributed by atoms with E-state index in [-0.39, 0.29) is 17.4 Å². The molecule has 1 heterocycles. The third-order valence-electron chi connectivity index (χ3n) is 7.01. The highest BCUT2D eigenvalue weighted by Crippen LogP contribution is 2.67. The van der Waals surface area contributed by atoms with Gasteiger partial charge < -0.3 is 10.4 Å². The quantitative estimate of drug-likeness (QED) is 0.894. The third kappa shape index (κ3) is 1.51. The molecular formula is C21H23NO. The van der Waals surface area contributed by atoms with Crippen LogP contribution in [-0.2, 0) is 5.41 Å². The van der Waals surface area contributed by atoms with Crippen LogP contribution in [-0.4, -0.2) is 24.8 Å². The molecule has 3 aliphatic carbocycles. The van der Waals surface area contributed by atoms with E-state index < -0.39 is 0 Å². The van der Waals surface area contributed by atoms with E-state index in [1.54, 1.807) is 0 Å². The Morgan fingerprint density at radius 3 is 2.65 bits per heavy atom. The molecule has 0 radical (unpaired) electrons. The minimum Gasteiger partial charge on any atom is -0.396 e. The number of hydrogen-bond donors (Lipinski definition) is 2. The molecule has 1 saturated heterocycles. The van der Waals surface area contributed by atoms with E-state index in [9.17, 15) is 5.11 Å². The Bertz CT molecular complexity index is 743. The number of aliphatic hydroxyl groups excluding tert-OH is 1. The Balaban J connectivity index is 1.84. The van der Waals surface area contributed by atoms with Crippen molar-refractivity contribution in [3.8, 4) is 0 Å². The van der Waals surface area contributed by atoms with Gasteiger partial charge in [-0.3, -0.25) is 0 Å². The van der Waals surface area contributed by atoms with Crippen LogP contribution in [0.3, 0.4) is 0 Å². The third-order valence-corrected chi connectivity index (χ3v) is 7.01. The number of rotatable bonds is 2. The lowest BCUT2D eigenvalue weighted by Gasteiger charge is -2.61. The standard InChI is InChI=1S/C21H23NO/c23-14-20-13-22-12-19(20)21(15-6-2-1-3-7-15)11-10-17(20)16-8-4-5-9-18(16)21/h1-9,17,19,22-23H,10-14H2. The highest BCUT2D eigenvalue weighted by Gasteiger charge is 2.65. The fourth-order valence-corrected chi connectivity index (χ4v) is 6.15. The molecule has 0 spiro atoms. The summed E-state index contributed by atoms with van der Waals surface area (Å²) in [5.74, 6) is 0.977. The molecule has 2 fully saturated rings. The molecule has 4 atom stereocenters. The molecule has 0 amide bonds. The zero-order chi connectivity index (χ0) is 15.5. The smallest absolute Gasteiger partial charge is 0.0509 e. The molecule has 6 rings (SSSR count). The van der Waals surface area contributed by atoms with Crippen molar-refractivity contribution < 1.29 is 5.11 Å². The van der Waals surface area contributed by atoms with E-state index in [1.807, 2.05) is 0 Å². The van der Waals surface area contributed by atoms with Gasteiger partial charge in [-0.05, 0) is 47.9 Å². The number of aliphatic hydroxyl groups is 1. The molecule has 2 aromatic rings. The van der Waals surface area contributed by atoms with E-state index in [1.165, 1.54) is 29.5 Å². The zero-order valence-electron chi connectivity index (χ0n) is 13.3. The summed E-state index contributed by atoms with van der Waals surface area (Å²) in [6.45, 7) is 2.25. The summed E-state index contributed by atoms with van der Waals surface area (Å²) in [5.41, 5.74) is 4.48. The normalized spacial score (nSPS) is 37.4. The van der Waals surface area contributed by atoms with E-state index in [0.717, 1.165) is 13.1 Å². The average Bonchev–Trinajstić information content (AvgIpc) is 3.10. The molecular weight excluding hydrogens is 282 g/mol. The lowest BCUT2D eigenvalue weighted by molar-refractivity contribution is -0.0128. The van der Waals surface area contributed by atoms with E-state index in [2.05, 4.69) is 59.9 Å². The van der Waals surface area contributed by atoms with Gasteiger partial charge >= 0.3 is 0 Å². The first-order valence-corrected chi connectivity index (χ1v) is 8.79. The van der Waals surface area contributed by atoms with Crippen LogP contribution >= 0.6 is 0 Å². The molecule has 1 aliphatic heterocycles. The Morgan fingerprint density at radius 1 is 1.04 bits per heavy atom. The van der Waals surface area contributed by atoms with E-state index >= 15 is 0 Å². The summed E-state index contributed by atoms with van der Waals surface area (Å²) in [6, 6.07) is 20.0. The van der Waals surface area contributed by atoms with Crippen LogP contribution in [0.5, 0.6) is 0 Å². The van der Waals surface area contributed by atoms with Crippen LogP contribution in [0.2, 0.25) is 0 Å². The van der Waals surface area contributed by atoms with Crippen molar-refractivity contribution in [2.45, 2.75) is 24.2 Å². The predicted octanol–water partition coefficient (Wildman–Crippen LogP) is 3.06. The van der Waals surface area contributed by atoms with Gasteiger partial charge in [0.2, 0.25) is 0 Å². The van der Waals surface area contributed by atoms with E-state index in [4.69, 9.17) is 0 Å². The molecule has 2 heteroatoms. The van der Waals surface area contributed by atoms with E-state index in [0.29, 0.717) is 11.8 Å². The molecule has 1 saturated carbocycles. The van der Waals surface area contributed by atoms with Crippen molar-refractivity contribution in [3.05, 3.63) is 71.3 Å². The van der Waals surface area contributed by atoms with Crippen LogP contribution < -0.4 is 5.32 Å². The predicted molar refractivity (Wildman–Crippen MR) is 91.5 cm³/mol. The van der Waals surface area contributed by atoms with Gasteiger partial charge in [0.05, 0.1) is 6.61 Å². The second-order valence-electron chi connectivity index (χ2n) is 7.59. The summed E-state index contributed by atoms with van der Waals surface area (Å²) in [7, 11) is 0. The fraction of sp³-hybridized carbons (Fsp3) is 0.429. The molecule has 4 aliphatic rings. The zero-order valence-corrected chi connectivity index (χ0v) is 13.3. The number of hydrogen-bond acceptors (Lipinski definition) is 2. The number of benzene rings is 2. The first-order valence-electron chi connectivity index (χ1n) is 8.79. The van der Waals surface area contributed by atoms with Gasteiger partial charge in [0, 0.05) is 17.4 Å². The molecule has 2 aromatic carbocycles. The minimum absolute atomic E-state index is 0.00243. The van der Waals surface area contributed by atoms with Crippen LogP contribution in [0, 0.1) is 11.3 Å². The van der Waals surface area contributed by atoms with Crippen LogP contribution in [0.4, 0.5) is 0 Å². The van der Waals surface area contributed by atoms with Crippen LogP contribution in [0.1, 0.15) is 35.4 Å². The maximum Gasteiger partial charge on any atom is 0.0509 e. The molecule has 2 N–H and O–H groups in total. The Morgan fingerprint density at radius 2 is 1.83 bits per heavy atom. The van der Waals surface area contributed by atoms with Crippen LogP contribution in [0.15, 0.2) is 54.6 Å². The molecule has 0 aromatic heterocycles. The topological polar surface area (TPSA) is 32.3 Å². The van der Waals surface area contributed by atoms with Crippen molar-refractivity contribution in [2.75, 3.05) is 19.7 Å². The molecule has 118 valence electrons. The first-order chi connectivity index (χ1) is 11.3. The average molecular weight is 305 g/mol. The van der Waals surface area contributed by atoms with Gasteiger partial charge in [0.15, 0.2) is 0 Å². The van der Waals surface area contributed by atoms with Gasteiger partial charge in [-0.15, -0.1) is 0 Å². The lowest BCUT2D eigenvalue weighted by Crippen LogP contribution is -2.58. The van der Waals surface area contributed by atoms with Crippen LogP contribution in [0.25, 0.3) is 0 Å². The summed E-state index contributed by atoms with van der Waals surface area (Å²) in [5, 5.41) is 14.0. The first kappa shape index (κ1) is 13.8. The second kappa shape index (κ2) is 4.68. The largest absolute Gasteiger partial charge is 0.396 e. The molecule has 2 nitrogen and oxygen atoms in total. The van der Waals surface area contributed by atoms with Crippen molar-refractivity contribution in [1.29, 1.82) is 0 Å². The van der Waals surface area contributed by atoms with Gasteiger partial charge in [0.25, 0.3) is 0 Å². The summed E-state index contributed by atoms with van der Waals surface area (Å²) < 4.78 is 0. The fourth-order valence-electron chi connectivity index (χ4n) is 6.15. The van der Waals surface area contributed by atoms with Crippen molar-refractivity contribution >= 4 is 0 Å². The van der Waals surface area contributed by atoms with Gasteiger partial charge in [-0.2, -0.15) is 0 Å². The van der Waals surface area contributed by atoms with Crippen molar-refractivity contribution in [2.24, 2.45) is 11.3 Å². The summed E-state index contributed by atoms with van der Waals surface area (Å²) in [4.78, 5) is 0. The maximum absolute atomic E-state index is 10.4. The van der Waals surface area contributed by atoms with Gasteiger partial charge in [-0.25, -0.2) is 0 Å². The Hall–Kier alpha value is -1.64. The number of nitrogens with one attached hydrogen (secondary N) is 1. The highest BCUT2D eigenvalue weighted by atomic mass is 16.3. The lowest BCUT2D eigenvalue weighted by atomic mass is 9.42. The highest BCUT2D eigenvalue weighted by molar-refractivity contribution is 5.53. The monoisotopic (exact) mass is 305 g/mol. The molecule has 2 bridgehead atoms.